The maximum absolute atomic E-state index is 2.39. The summed E-state index contributed by atoms with van der Waals surface area (Å²) in [4.78, 5) is 4.72. The van der Waals surface area contributed by atoms with Crippen LogP contribution in [-0.4, -0.2) is 0 Å². The summed E-state index contributed by atoms with van der Waals surface area (Å²) in [5, 5.41) is 4.75. The van der Waals surface area contributed by atoms with Crippen molar-refractivity contribution in [3.63, 3.8) is 0 Å². The van der Waals surface area contributed by atoms with Crippen LogP contribution in [0.4, 0.5) is 28.4 Å². The smallest absolute Gasteiger partial charge is 0.0619 e. The van der Waals surface area contributed by atoms with Gasteiger partial charge in [0.2, 0.25) is 0 Å². The van der Waals surface area contributed by atoms with Gasteiger partial charge in [-0.15, -0.1) is 0 Å². The lowest BCUT2D eigenvalue weighted by Crippen LogP contribution is -2.14. The van der Waals surface area contributed by atoms with E-state index in [9.17, 15) is 0 Å². The van der Waals surface area contributed by atoms with E-state index in [0.29, 0.717) is 0 Å². The third kappa shape index (κ3) is 4.80. The minimum atomic E-state index is 1.11. The fourth-order valence-electron chi connectivity index (χ4n) is 5.75. The van der Waals surface area contributed by atoms with Gasteiger partial charge in [-0.25, -0.2) is 0 Å². The summed E-state index contributed by atoms with van der Waals surface area (Å²) in [6, 6.07) is 60.0. The summed E-state index contributed by atoms with van der Waals surface area (Å²) >= 11 is 0. The minimum Gasteiger partial charge on any atom is -0.316 e. The summed E-state index contributed by atoms with van der Waals surface area (Å²) in [5.74, 6) is 0. The Hall–Kier alpha value is -5.60. The number of para-hydroxylation sites is 3. The van der Waals surface area contributed by atoms with Crippen molar-refractivity contribution in [2.75, 3.05) is 9.80 Å². The van der Waals surface area contributed by atoms with E-state index in [0.717, 1.165) is 28.3 Å². The molecule has 0 radical (unpaired) electrons. The normalized spacial score (nSPS) is 11.2. The Balaban J connectivity index is 1.56. The van der Waals surface area contributed by atoms with Crippen molar-refractivity contribution in [1.29, 1.82) is 0 Å². The first kappa shape index (κ1) is 25.4. The summed E-state index contributed by atoms with van der Waals surface area (Å²) in [6.45, 7) is 0. The second kappa shape index (κ2) is 11.5. The predicted molar refractivity (Wildman–Crippen MR) is 180 cm³/mol. The molecule has 0 spiro atoms. The zero-order valence-corrected chi connectivity index (χ0v) is 23.2. The Kier molecular flexibility index (Phi) is 6.94. The second-order valence-corrected chi connectivity index (χ2v) is 10.2. The molecule has 42 heavy (non-hydrogen) atoms. The van der Waals surface area contributed by atoms with Crippen LogP contribution in [0.15, 0.2) is 176 Å². The Morgan fingerprint density at radius 3 is 1.14 bits per heavy atom. The fraction of sp³-hybridized carbons (Fsp3) is 0. The third-order valence-corrected chi connectivity index (χ3v) is 7.62. The van der Waals surface area contributed by atoms with Gasteiger partial charge in [0.1, 0.15) is 0 Å². The van der Waals surface area contributed by atoms with Crippen LogP contribution < -0.4 is 9.80 Å². The molecule has 2 nitrogen and oxygen atoms in total. The maximum atomic E-state index is 2.39. The van der Waals surface area contributed by atoms with Crippen LogP contribution >= 0.6 is 0 Å². The highest BCUT2D eigenvalue weighted by atomic mass is 15.2. The minimum absolute atomic E-state index is 1.11. The van der Waals surface area contributed by atoms with Crippen LogP contribution in [0.5, 0.6) is 0 Å². The number of anilines is 5. The van der Waals surface area contributed by atoms with Gasteiger partial charge < -0.3 is 9.80 Å². The van der Waals surface area contributed by atoms with Crippen LogP contribution in [0.25, 0.3) is 27.6 Å². The second-order valence-electron chi connectivity index (χ2n) is 10.2. The molecule has 0 aliphatic rings. The molecule has 0 unspecified atom stereocenters. The first-order valence-corrected chi connectivity index (χ1v) is 14.3. The van der Waals surface area contributed by atoms with E-state index in [1.807, 2.05) is 0 Å². The first-order chi connectivity index (χ1) is 20.9. The van der Waals surface area contributed by atoms with Crippen LogP contribution in [-0.2, 0) is 0 Å². The lowest BCUT2D eigenvalue weighted by Gasteiger charge is -2.31. The van der Waals surface area contributed by atoms with Crippen molar-refractivity contribution in [3.05, 3.63) is 182 Å². The molecule has 7 aromatic rings. The molecule has 0 fully saturated rings. The summed E-state index contributed by atoms with van der Waals surface area (Å²) in [5.41, 5.74) is 6.83. The molecule has 0 aliphatic heterocycles. The van der Waals surface area contributed by atoms with Crippen molar-refractivity contribution < 1.29 is 0 Å². The van der Waals surface area contributed by atoms with E-state index in [1.165, 1.54) is 27.2 Å². The molecule has 2 heteroatoms. The number of hydrogen-bond acceptors (Lipinski definition) is 2. The average molecular weight is 539 g/mol. The Labute approximate surface area is 247 Å². The molecule has 0 bridgehead atoms. The van der Waals surface area contributed by atoms with Crippen LogP contribution in [0.3, 0.4) is 0 Å². The lowest BCUT2D eigenvalue weighted by molar-refractivity contribution is 1.30. The monoisotopic (exact) mass is 538 g/mol. The SMILES string of the molecule is C(=CN(c1ccccc1)c1c2ccccc2c(N(c2ccccc2)c2ccccc2)c2ccccc12)c1ccccc1. The predicted octanol–water partition coefficient (Wildman–Crippen LogP) is 11.3. The highest BCUT2D eigenvalue weighted by molar-refractivity contribution is 6.22. The van der Waals surface area contributed by atoms with Gasteiger partial charge in [-0.05, 0) is 48.0 Å². The van der Waals surface area contributed by atoms with E-state index in [4.69, 9.17) is 0 Å². The van der Waals surface area contributed by atoms with Gasteiger partial charge in [-0.3, -0.25) is 0 Å². The molecule has 0 aromatic heterocycles. The van der Waals surface area contributed by atoms with Crippen LogP contribution in [0, 0.1) is 0 Å². The van der Waals surface area contributed by atoms with Crippen LogP contribution in [0.2, 0.25) is 0 Å². The summed E-state index contributed by atoms with van der Waals surface area (Å²) in [6.07, 6.45) is 4.38. The Morgan fingerprint density at radius 1 is 0.333 bits per heavy atom. The van der Waals surface area contributed by atoms with Gasteiger partial charge >= 0.3 is 0 Å². The molecule has 7 aromatic carbocycles. The number of benzene rings is 7. The van der Waals surface area contributed by atoms with Gasteiger partial charge in [0, 0.05) is 44.8 Å². The number of fused-ring (bicyclic) bond motifs is 2. The zero-order chi connectivity index (χ0) is 28.1. The van der Waals surface area contributed by atoms with Crippen molar-refractivity contribution in [1.82, 2.24) is 0 Å². The van der Waals surface area contributed by atoms with Gasteiger partial charge in [-0.1, -0.05) is 133 Å². The highest BCUT2D eigenvalue weighted by Crippen LogP contribution is 2.49. The standard InChI is InChI=1S/C40H30N2/c1-5-17-31(18-6-1)29-30-41(32-19-7-2-8-20-32)39-35-25-13-15-27-37(35)40(38-28-16-14-26-36(38)39)42(33-21-9-3-10-22-33)34-23-11-4-12-24-34/h1-30H. The zero-order valence-electron chi connectivity index (χ0n) is 23.2. The molecular formula is C40H30N2. The topological polar surface area (TPSA) is 6.48 Å². The molecule has 0 heterocycles. The molecule has 0 N–H and O–H groups in total. The third-order valence-electron chi connectivity index (χ3n) is 7.62. The van der Waals surface area contributed by atoms with Gasteiger partial charge in [0.15, 0.2) is 0 Å². The fourth-order valence-corrected chi connectivity index (χ4v) is 5.75. The molecule has 7 rings (SSSR count). The lowest BCUT2D eigenvalue weighted by atomic mass is 9.95. The molecule has 200 valence electrons. The van der Waals surface area contributed by atoms with Gasteiger partial charge in [0.05, 0.1) is 11.4 Å². The van der Waals surface area contributed by atoms with E-state index < -0.39 is 0 Å². The van der Waals surface area contributed by atoms with Gasteiger partial charge in [0.25, 0.3) is 0 Å². The summed E-state index contributed by atoms with van der Waals surface area (Å²) < 4.78 is 0. The number of nitrogens with zero attached hydrogens (tertiary/aromatic N) is 2. The van der Waals surface area contributed by atoms with Crippen molar-refractivity contribution in [2.45, 2.75) is 0 Å². The van der Waals surface area contributed by atoms with Gasteiger partial charge in [-0.2, -0.15) is 0 Å². The van der Waals surface area contributed by atoms with Crippen molar-refractivity contribution >= 4 is 56.1 Å². The molecular weight excluding hydrogens is 508 g/mol. The van der Waals surface area contributed by atoms with E-state index in [2.05, 4.69) is 192 Å². The number of rotatable bonds is 7. The molecule has 0 aliphatic carbocycles. The van der Waals surface area contributed by atoms with Crippen LogP contribution in [0.1, 0.15) is 5.56 Å². The highest BCUT2D eigenvalue weighted by Gasteiger charge is 2.23. The molecule has 0 saturated carbocycles. The molecule has 0 saturated heterocycles. The Morgan fingerprint density at radius 2 is 0.690 bits per heavy atom. The Bertz CT molecular complexity index is 1870. The number of hydrogen-bond donors (Lipinski definition) is 0. The summed E-state index contributed by atoms with van der Waals surface area (Å²) in [7, 11) is 0. The van der Waals surface area contributed by atoms with E-state index >= 15 is 0 Å². The van der Waals surface area contributed by atoms with Crippen molar-refractivity contribution in [3.8, 4) is 0 Å². The average Bonchev–Trinajstić information content (AvgIpc) is 3.07. The quantitative estimate of drug-likeness (QED) is 0.147. The maximum Gasteiger partial charge on any atom is 0.0619 e. The largest absolute Gasteiger partial charge is 0.316 e. The van der Waals surface area contributed by atoms with E-state index in [-0.39, 0.29) is 0 Å². The first-order valence-electron chi connectivity index (χ1n) is 14.3. The molecule has 0 amide bonds. The van der Waals surface area contributed by atoms with E-state index in [1.54, 1.807) is 0 Å². The van der Waals surface area contributed by atoms with Crippen molar-refractivity contribution in [2.24, 2.45) is 0 Å². The molecule has 0 atom stereocenters.